The molecule has 7 nitrogen and oxygen atoms in total. The first-order valence-electron chi connectivity index (χ1n) is 10.6. The van der Waals surface area contributed by atoms with E-state index in [1.807, 2.05) is 19.9 Å². The van der Waals surface area contributed by atoms with Crippen molar-refractivity contribution in [1.82, 2.24) is 13.9 Å². The van der Waals surface area contributed by atoms with Crippen molar-refractivity contribution in [2.75, 3.05) is 32.6 Å². The van der Waals surface area contributed by atoms with Gasteiger partial charge in [-0.05, 0) is 51.3 Å². The van der Waals surface area contributed by atoms with Crippen LogP contribution in [0.2, 0.25) is 0 Å². The first-order valence-corrected chi connectivity index (χ1v) is 13.0. The van der Waals surface area contributed by atoms with Crippen LogP contribution in [-0.2, 0) is 21.3 Å². The molecule has 0 N–H and O–H groups in total. The highest BCUT2D eigenvalue weighted by molar-refractivity contribution is 7.99. The number of carbonyl (C=O) groups excluding carboxylic acids is 1. The maximum atomic E-state index is 12.8. The molecule has 0 radical (unpaired) electrons. The Bertz CT molecular complexity index is 995. The van der Waals surface area contributed by atoms with Crippen LogP contribution in [0.1, 0.15) is 47.4 Å². The van der Waals surface area contributed by atoms with Crippen LogP contribution in [0.3, 0.4) is 0 Å². The summed E-state index contributed by atoms with van der Waals surface area (Å²) >= 11 is 1.33. The molecule has 3 heterocycles. The standard InChI is InChI=1S/C22H31N3O4S2/c1-17-14-20(18(2)25(17)12-7-13-29-3)21(26)16-30-22-9-8-19(15-23-22)31(27,28)24-10-5-4-6-11-24/h8-9,14-15H,4-7,10-13,16H2,1-3H3. The molecule has 0 atom stereocenters. The van der Waals surface area contributed by atoms with E-state index in [9.17, 15) is 13.2 Å². The molecule has 31 heavy (non-hydrogen) atoms. The number of nitrogens with zero attached hydrogens (tertiary/aromatic N) is 3. The number of rotatable bonds is 10. The number of pyridine rings is 1. The number of ketones is 1. The highest BCUT2D eigenvalue weighted by atomic mass is 32.2. The third kappa shape index (κ3) is 5.77. The second kappa shape index (κ2) is 10.8. The number of aromatic nitrogens is 2. The Morgan fingerprint density at radius 2 is 1.94 bits per heavy atom. The predicted molar refractivity (Wildman–Crippen MR) is 122 cm³/mol. The van der Waals surface area contributed by atoms with Gasteiger partial charge in [0.25, 0.3) is 0 Å². The second-order valence-electron chi connectivity index (χ2n) is 7.79. The van der Waals surface area contributed by atoms with E-state index in [1.165, 1.54) is 22.3 Å². The zero-order chi connectivity index (χ0) is 22.4. The molecule has 1 aliphatic rings. The van der Waals surface area contributed by atoms with Crippen LogP contribution in [-0.4, -0.2) is 60.6 Å². The zero-order valence-corrected chi connectivity index (χ0v) is 20.1. The van der Waals surface area contributed by atoms with Crippen LogP contribution in [0, 0.1) is 13.8 Å². The molecule has 9 heteroatoms. The summed E-state index contributed by atoms with van der Waals surface area (Å²) in [6.07, 6.45) is 5.17. The van der Waals surface area contributed by atoms with Crippen LogP contribution in [0.5, 0.6) is 0 Å². The van der Waals surface area contributed by atoms with E-state index < -0.39 is 10.0 Å². The summed E-state index contributed by atoms with van der Waals surface area (Å²) < 4.78 is 34.3. The van der Waals surface area contributed by atoms with Crippen LogP contribution in [0.4, 0.5) is 0 Å². The minimum Gasteiger partial charge on any atom is -0.385 e. The Kier molecular flexibility index (Phi) is 8.32. The molecule has 2 aromatic heterocycles. The highest BCUT2D eigenvalue weighted by Crippen LogP contribution is 2.24. The predicted octanol–water partition coefficient (Wildman–Crippen LogP) is 3.69. The van der Waals surface area contributed by atoms with Crippen LogP contribution in [0.15, 0.2) is 34.3 Å². The maximum absolute atomic E-state index is 12.8. The molecule has 0 aliphatic carbocycles. The van der Waals surface area contributed by atoms with Gasteiger partial charge in [-0.3, -0.25) is 4.79 Å². The average Bonchev–Trinajstić information content (AvgIpc) is 3.07. The van der Waals surface area contributed by atoms with Crippen molar-refractivity contribution >= 4 is 27.6 Å². The number of hydrogen-bond donors (Lipinski definition) is 0. The Labute approximate surface area is 189 Å². The molecule has 0 aromatic carbocycles. The summed E-state index contributed by atoms with van der Waals surface area (Å²) in [5.41, 5.74) is 2.76. The lowest BCUT2D eigenvalue weighted by Gasteiger charge is -2.25. The highest BCUT2D eigenvalue weighted by Gasteiger charge is 2.26. The fourth-order valence-corrected chi connectivity index (χ4v) is 6.06. The maximum Gasteiger partial charge on any atom is 0.244 e. The molecular formula is C22H31N3O4S2. The van der Waals surface area contributed by atoms with Crippen LogP contribution < -0.4 is 0 Å². The molecular weight excluding hydrogens is 434 g/mol. The monoisotopic (exact) mass is 465 g/mol. The number of piperidine rings is 1. The molecule has 1 aliphatic heterocycles. The Morgan fingerprint density at radius 1 is 1.19 bits per heavy atom. The van der Waals surface area contributed by atoms with Gasteiger partial charge >= 0.3 is 0 Å². The molecule has 1 fully saturated rings. The number of thioether (sulfide) groups is 1. The lowest BCUT2D eigenvalue weighted by Crippen LogP contribution is -2.35. The molecule has 0 amide bonds. The number of sulfonamides is 1. The molecule has 2 aromatic rings. The fourth-order valence-electron chi connectivity index (χ4n) is 3.87. The number of aryl methyl sites for hydroxylation is 1. The van der Waals surface area contributed by atoms with E-state index in [0.29, 0.717) is 24.7 Å². The van der Waals surface area contributed by atoms with Crippen molar-refractivity contribution in [3.8, 4) is 0 Å². The van der Waals surface area contributed by atoms with E-state index in [-0.39, 0.29) is 16.4 Å². The first-order chi connectivity index (χ1) is 14.8. The number of Topliss-reactive ketones (excluding diaryl/α,β-unsaturated/α-hetero) is 1. The summed E-state index contributed by atoms with van der Waals surface area (Å²) in [4.78, 5) is 17.3. The molecule has 1 saturated heterocycles. The topological polar surface area (TPSA) is 81.5 Å². The Balaban J connectivity index is 1.61. The first kappa shape index (κ1) is 24.0. The van der Waals surface area contributed by atoms with E-state index in [4.69, 9.17) is 4.74 Å². The van der Waals surface area contributed by atoms with Crippen molar-refractivity contribution < 1.29 is 17.9 Å². The van der Waals surface area contributed by atoms with Crippen LogP contribution in [0.25, 0.3) is 0 Å². The van der Waals surface area contributed by atoms with Gasteiger partial charge < -0.3 is 9.30 Å². The smallest absolute Gasteiger partial charge is 0.244 e. The number of carbonyl (C=O) groups is 1. The van der Waals surface area contributed by atoms with Gasteiger partial charge in [0.15, 0.2) is 5.78 Å². The van der Waals surface area contributed by atoms with Crippen molar-refractivity contribution in [2.45, 2.75) is 56.0 Å². The molecule has 0 unspecified atom stereocenters. The Morgan fingerprint density at radius 3 is 2.58 bits per heavy atom. The van der Waals surface area contributed by atoms with Crippen molar-refractivity contribution in [1.29, 1.82) is 0 Å². The quantitative estimate of drug-likeness (QED) is 0.302. The zero-order valence-electron chi connectivity index (χ0n) is 18.5. The van der Waals surface area contributed by atoms with E-state index in [2.05, 4.69) is 9.55 Å². The van der Waals surface area contributed by atoms with Crippen molar-refractivity contribution in [3.63, 3.8) is 0 Å². The third-order valence-corrected chi connectivity index (χ3v) is 8.44. The van der Waals surface area contributed by atoms with Gasteiger partial charge in [-0.15, -0.1) is 0 Å². The minimum atomic E-state index is -3.49. The molecule has 3 rings (SSSR count). The molecule has 0 saturated carbocycles. The lowest BCUT2D eigenvalue weighted by molar-refractivity contribution is 0.102. The van der Waals surface area contributed by atoms with Gasteiger partial charge in [-0.1, -0.05) is 18.2 Å². The van der Waals surface area contributed by atoms with E-state index >= 15 is 0 Å². The third-order valence-electron chi connectivity index (χ3n) is 5.62. The van der Waals surface area contributed by atoms with Crippen molar-refractivity contribution in [3.05, 3.63) is 41.3 Å². The van der Waals surface area contributed by atoms with Gasteiger partial charge in [-0.25, -0.2) is 13.4 Å². The number of methoxy groups -OCH3 is 1. The average molecular weight is 466 g/mol. The Hall–Kier alpha value is -1.68. The van der Waals surface area contributed by atoms with E-state index in [0.717, 1.165) is 49.2 Å². The van der Waals surface area contributed by atoms with Gasteiger partial charge in [0, 0.05) is 56.5 Å². The SMILES string of the molecule is COCCCn1c(C)cc(C(=O)CSc2ccc(S(=O)(=O)N3CCCCC3)cn2)c1C. The van der Waals surface area contributed by atoms with Gasteiger partial charge in [-0.2, -0.15) is 4.31 Å². The van der Waals surface area contributed by atoms with Gasteiger partial charge in [0.2, 0.25) is 10.0 Å². The normalized spacial score (nSPS) is 15.3. The summed E-state index contributed by atoms with van der Waals surface area (Å²) in [6, 6.07) is 5.21. The summed E-state index contributed by atoms with van der Waals surface area (Å²) in [5.74, 6) is 0.302. The molecule has 170 valence electrons. The molecule has 0 spiro atoms. The largest absolute Gasteiger partial charge is 0.385 e. The number of ether oxygens (including phenoxy) is 1. The molecule has 0 bridgehead atoms. The minimum absolute atomic E-state index is 0.0444. The summed E-state index contributed by atoms with van der Waals surface area (Å²) in [5, 5.41) is 0.639. The van der Waals surface area contributed by atoms with Gasteiger partial charge in [0.1, 0.15) is 4.90 Å². The number of hydrogen-bond acceptors (Lipinski definition) is 6. The van der Waals surface area contributed by atoms with Crippen LogP contribution >= 0.6 is 11.8 Å². The fraction of sp³-hybridized carbons (Fsp3) is 0.545. The van der Waals surface area contributed by atoms with E-state index in [1.54, 1.807) is 19.2 Å². The lowest BCUT2D eigenvalue weighted by atomic mass is 10.2. The van der Waals surface area contributed by atoms with Crippen molar-refractivity contribution in [2.24, 2.45) is 0 Å². The second-order valence-corrected chi connectivity index (χ2v) is 10.7. The summed E-state index contributed by atoms with van der Waals surface area (Å²) in [6.45, 7) is 6.61. The summed E-state index contributed by atoms with van der Waals surface area (Å²) in [7, 11) is -1.80. The van der Waals surface area contributed by atoms with Gasteiger partial charge in [0.05, 0.1) is 10.8 Å².